The molecule has 6 N–H and O–H groups in total. The van der Waals surface area contributed by atoms with Gasteiger partial charge in [0.1, 0.15) is 18.1 Å². The third-order valence-corrected chi connectivity index (χ3v) is 8.93. The molecular weight excluding hydrogens is 593 g/mol. The molecule has 19 nitrogen and oxygen atoms in total. The molecule has 0 aliphatic carbocycles. The van der Waals surface area contributed by atoms with Gasteiger partial charge in [-0.1, -0.05) is 18.2 Å². The topological polar surface area (TPSA) is 279 Å². The van der Waals surface area contributed by atoms with E-state index in [0.717, 1.165) is 4.57 Å². The number of aromatic nitrogens is 2. The van der Waals surface area contributed by atoms with Gasteiger partial charge in [0.05, 0.1) is 29.2 Å². The lowest BCUT2D eigenvalue weighted by molar-refractivity contribution is -0.385. The molecule has 3 rings (SSSR count). The number of hydrogen-bond donors (Lipinski definition) is 6. The Hall–Kier alpha value is -2.37. The number of rotatable bonds is 12. The van der Waals surface area contributed by atoms with Crippen LogP contribution in [0.15, 0.2) is 41.3 Å². The molecule has 4 unspecified atom stereocenters. The Bertz CT molecular complexity index is 1410. The summed E-state index contributed by atoms with van der Waals surface area (Å²) in [5.41, 5.74) is -0.600. The molecule has 6 atom stereocenters. The first kappa shape index (κ1) is 31.2. The van der Waals surface area contributed by atoms with E-state index < -0.39 is 65.2 Å². The van der Waals surface area contributed by atoms with Gasteiger partial charge in [0.25, 0.3) is 5.69 Å². The summed E-state index contributed by atoms with van der Waals surface area (Å²) in [6.45, 7) is 0.727. The van der Waals surface area contributed by atoms with E-state index in [4.69, 9.17) is 14.5 Å². The van der Waals surface area contributed by atoms with E-state index in [0.29, 0.717) is 5.56 Å². The van der Waals surface area contributed by atoms with Crippen molar-refractivity contribution in [2.24, 2.45) is 0 Å². The fraction of sp³-hybridized carbons (Fsp3) is 0.412. The molecule has 1 aromatic heterocycles. The number of nitrogens with one attached hydrogen (secondary N) is 1. The molecule has 0 amide bonds. The number of aliphatic hydroxyl groups excluding tert-OH is 1. The quantitative estimate of drug-likeness (QED) is 0.111. The number of phosphoric acid groups is 3. The smallest absolute Gasteiger partial charge is 0.390 e. The lowest BCUT2D eigenvalue weighted by Crippen LogP contribution is -2.28. The van der Waals surface area contributed by atoms with Crippen LogP contribution in [0.3, 0.4) is 0 Å². The summed E-state index contributed by atoms with van der Waals surface area (Å²) in [5.74, 6) is 0.0876. The Labute approximate surface area is 218 Å². The van der Waals surface area contributed by atoms with E-state index in [1.165, 1.54) is 24.4 Å². The van der Waals surface area contributed by atoms with E-state index in [2.05, 4.69) is 23.4 Å². The van der Waals surface area contributed by atoms with Crippen molar-refractivity contribution in [1.82, 2.24) is 9.55 Å². The van der Waals surface area contributed by atoms with Gasteiger partial charge in [0.2, 0.25) is 0 Å². The van der Waals surface area contributed by atoms with Gasteiger partial charge < -0.3 is 34.7 Å². The minimum atomic E-state index is -5.72. The number of nitro benzene ring substituents is 1. The number of anilines is 1. The van der Waals surface area contributed by atoms with Gasteiger partial charge in [-0.05, 0) is 13.0 Å². The predicted octanol–water partition coefficient (Wildman–Crippen LogP) is 1.32. The molecule has 216 valence electrons. The summed E-state index contributed by atoms with van der Waals surface area (Å²) >= 11 is 0. The molecule has 2 heterocycles. The fourth-order valence-corrected chi connectivity index (χ4v) is 6.57. The predicted molar refractivity (Wildman–Crippen MR) is 128 cm³/mol. The van der Waals surface area contributed by atoms with Crippen molar-refractivity contribution in [2.45, 2.75) is 37.8 Å². The van der Waals surface area contributed by atoms with Crippen LogP contribution in [0.4, 0.5) is 11.5 Å². The molecule has 0 radical (unpaired) electrons. The molecule has 1 saturated heterocycles. The van der Waals surface area contributed by atoms with Gasteiger partial charge >= 0.3 is 29.2 Å². The molecule has 0 spiro atoms. The SMILES string of the molecule is CC(Nc1ccn([C@H]2CC(O)[C@@H](COP(=O)(O)OP(=O)(O)OP(=O)(O)O)O2)c(=O)n1)c1ccccc1[N+](=O)[O-]. The minimum Gasteiger partial charge on any atom is -0.390 e. The van der Waals surface area contributed by atoms with Crippen molar-refractivity contribution in [2.75, 3.05) is 11.9 Å². The summed E-state index contributed by atoms with van der Waals surface area (Å²) in [6.07, 6.45) is -2.75. The number of benzene rings is 1. The van der Waals surface area contributed by atoms with Crippen LogP contribution in [-0.2, 0) is 31.6 Å². The number of hydrogen-bond acceptors (Lipinski definition) is 13. The first-order chi connectivity index (χ1) is 18.0. The van der Waals surface area contributed by atoms with Crippen molar-refractivity contribution in [3.63, 3.8) is 0 Å². The summed E-state index contributed by atoms with van der Waals surface area (Å²) in [6, 6.07) is 6.80. The van der Waals surface area contributed by atoms with Crippen LogP contribution in [0.5, 0.6) is 0 Å². The van der Waals surface area contributed by atoms with Gasteiger partial charge in [-0.25, -0.2) is 18.5 Å². The second kappa shape index (κ2) is 12.0. The number of para-hydroxylation sites is 1. The first-order valence-electron chi connectivity index (χ1n) is 10.7. The first-order valence-corrected chi connectivity index (χ1v) is 15.2. The highest BCUT2D eigenvalue weighted by molar-refractivity contribution is 7.66. The van der Waals surface area contributed by atoms with Gasteiger partial charge in [-0.2, -0.15) is 13.6 Å². The highest BCUT2D eigenvalue weighted by Crippen LogP contribution is 2.66. The van der Waals surface area contributed by atoms with E-state index in [9.17, 15) is 43.5 Å². The molecular formula is C17H23N4O15P3. The van der Waals surface area contributed by atoms with Crippen LogP contribution in [0.1, 0.15) is 31.2 Å². The summed E-state index contributed by atoms with van der Waals surface area (Å²) in [7, 11) is -16.7. The van der Waals surface area contributed by atoms with Crippen molar-refractivity contribution >= 4 is 35.0 Å². The van der Waals surface area contributed by atoms with Crippen molar-refractivity contribution < 1.29 is 61.2 Å². The average Bonchev–Trinajstić information content (AvgIpc) is 3.15. The number of phosphoric ester groups is 1. The van der Waals surface area contributed by atoms with Gasteiger partial charge in [0.15, 0.2) is 0 Å². The van der Waals surface area contributed by atoms with E-state index in [-0.39, 0.29) is 17.9 Å². The molecule has 22 heteroatoms. The normalized spacial score (nSPS) is 23.5. The summed E-state index contributed by atoms with van der Waals surface area (Å²) < 4.78 is 52.0. The summed E-state index contributed by atoms with van der Waals surface area (Å²) in [4.78, 5) is 63.0. The highest BCUT2D eigenvalue weighted by Gasteiger charge is 2.43. The van der Waals surface area contributed by atoms with Crippen LogP contribution in [0.25, 0.3) is 0 Å². The largest absolute Gasteiger partial charge is 0.490 e. The second-order valence-corrected chi connectivity index (χ2v) is 12.4. The molecule has 1 aliphatic rings. The maximum atomic E-state index is 12.6. The minimum absolute atomic E-state index is 0.0876. The second-order valence-electron chi connectivity index (χ2n) is 8.00. The average molecular weight is 616 g/mol. The zero-order valence-electron chi connectivity index (χ0n) is 19.7. The zero-order chi connectivity index (χ0) is 29.2. The van der Waals surface area contributed by atoms with Gasteiger partial charge in [0, 0.05) is 18.7 Å². The summed E-state index contributed by atoms with van der Waals surface area (Å²) in [5, 5.41) is 24.4. The van der Waals surface area contributed by atoms with Crippen molar-refractivity contribution in [3.05, 3.63) is 62.7 Å². The van der Waals surface area contributed by atoms with Crippen LogP contribution >= 0.6 is 23.5 Å². The van der Waals surface area contributed by atoms with E-state index in [1.807, 2.05) is 0 Å². The van der Waals surface area contributed by atoms with Gasteiger partial charge in [-0.3, -0.25) is 19.2 Å². The number of nitro groups is 1. The Kier molecular flexibility index (Phi) is 9.60. The zero-order valence-corrected chi connectivity index (χ0v) is 22.4. The van der Waals surface area contributed by atoms with Crippen LogP contribution in [-0.4, -0.2) is 58.0 Å². The maximum Gasteiger partial charge on any atom is 0.490 e. The van der Waals surface area contributed by atoms with Gasteiger partial charge in [-0.15, -0.1) is 0 Å². The monoisotopic (exact) mass is 616 g/mol. The van der Waals surface area contributed by atoms with Crippen LogP contribution in [0, 0.1) is 10.1 Å². The highest BCUT2D eigenvalue weighted by atomic mass is 31.3. The lowest BCUT2D eigenvalue weighted by Gasteiger charge is -2.19. The van der Waals surface area contributed by atoms with Crippen molar-refractivity contribution in [1.29, 1.82) is 0 Å². The molecule has 0 saturated carbocycles. The Morgan fingerprint density at radius 2 is 1.85 bits per heavy atom. The Morgan fingerprint density at radius 1 is 1.18 bits per heavy atom. The van der Waals surface area contributed by atoms with Crippen molar-refractivity contribution in [3.8, 4) is 0 Å². The molecule has 1 aliphatic heterocycles. The third kappa shape index (κ3) is 8.81. The molecule has 1 aromatic carbocycles. The van der Waals surface area contributed by atoms with E-state index >= 15 is 0 Å². The Balaban J connectivity index is 1.63. The number of ether oxygens (including phenoxy) is 1. The van der Waals surface area contributed by atoms with Crippen LogP contribution < -0.4 is 11.0 Å². The third-order valence-electron chi connectivity index (χ3n) is 5.13. The number of nitrogens with zero attached hydrogens (tertiary/aromatic N) is 3. The molecule has 2 aromatic rings. The lowest BCUT2D eigenvalue weighted by atomic mass is 10.1. The maximum absolute atomic E-state index is 12.6. The van der Waals surface area contributed by atoms with Crippen LogP contribution in [0.2, 0.25) is 0 Å². The fourth-order valence-electron chi connectivity index (χ4n) is 3.54. The molecule has 39 heavy (non-hydrogen) atoms. The molecule has 1 fully saturated rings. The standard InChI is InChI=1S/C17H23N4O15P3/c1-10(11-4-2-3-5-12(11)21(24)25)18-15-6-7-20(17(23)19-15)16-8-13(22)14(34-16)9-33-38(29,30)36-39(31,32)35-37(26,27)28/h2-7,10,13-14,16,22H,8-9H2,1H3,(H,29,30)(H,31,32)(H,18,19,23)(H2,26,27,28)/t10?,13?,14-,16-/m1/s1. The molecule has 0 bridgehead atoms. The van der Waals surface area contributed by atoms with E-state index in [1.54, 1.807) is 19.1 Å². The Morgan fingerprint density at radius 3 is 2.46 bits per heavy atom. The number of aliphatic hydroxyl groups is 1.